The van der Waals surface area contributed by atoms with Crippen LogP contribution in [0.15, 0.2) is 18.2 Å². The fraction of sp³-hybridized carbons (Fsp3) is 0.500. The molecule has 1 aromatic rings. The fourth-order valence-electron chi connectivity index (χ4n) is 1.36. The molecule has 0 heterocycles. The summed E-state index contributed by atoms with van der Waals surface area (Å²) in [5, 5.41) is 4.00. The molecule has 0 radical (unpaired) electrons. The van der Waals surface area contributed by atoms with Crippen molar-refractivity contribution >= 4 is 17.3 Å². The van der Waals surface area contributed by atoms with Gasteiger partial charge in [-0.25, -0.2) is 0 Å². The summed E-state index contributed by atoms with van der Waals surface area (Å²) in [4.78, 5) is 0. The van der Waals surface area contributed by atoms with E-state index in [4.69, 9.17) is 21.1 Å². The third kappa shape index (κ3) is 3.29. The molecule has 0 spiro atoms. The Morgan fingerprint density at radius 2 is 1.94 bits per heavy atom. The second-order valence-electron chi connectivity index (χ2n) is 3.72. The van der Waals surface area contributed by atoms with Crippen LogP contribution in [0.4, 0.5) is 5.69 Å². The maximum Gasteiger partial charge on any atom is 0.142 e. The first-order valence-corrected chi connectivity index (χ1v) is 5.59. The van der Waals surface area contributed by atoms with E-state index in [9.17, 15) is 0 Å². The van der Waals surface area contributed by atoms with Crippen LogP contribution in [0.5, 0.6) is 5.75 Å². The second kappa shape index (κ2) is 5.97. The smallest absolute Gasteiger partial charge is 0.142 e. The highest BCUT2D eigenvalue weighted by atomic mass is 35.5. The van der Waals surface area contributed by atoms with Gasteiger partial charge in [0, 0.05) is 18.2 Å². The Hall–Kier alpha value is -0.930. The van der Waals surface area contributed by atoms with E-state index in [1.165, 1.54) is 0 Å². The van der Waals surface area contributed by atoms with Crippen LogP contribution in [-0.4, -0.2) is 26.4 Å². The van der Waals surface area contributed by atoms with Gasteiger partial charge in [0.25, 0.3) is 0 Å². The molecule has 2 atom stereocenters. The number of hydrogen-bond acceptors (Lipinski definition) is 3. The number of hydrogen-bond donors (Lipinski definition) is 1. The van der Waals surface area contributed by atoms with Gasteiger partial charge in [-0.3, -0.25) is 0 Å². The molecule has 90 valence electrons. The van der Waals surface area contributed by atoms with Gasteiger partial charge >= 0.3 is 0 Å². The number of ether oxygens (including phenoxy) is 2. The molecular formula is C12H18ClNO2. The minimum absolute atomic E-state index is 0.115. The van der Waals surface area contributed by atoms with Gasteiger partial charge in [0.1, 0.15) is 5.75 Å². The van der Waals surface area contributed by atoms with E-state index in [1.807, 2.05) is 19.1 Å². The molecule has 0 aliphatic heterocycles. The predicted molar refractivity (Wildman–Crippen MR) is 67.6 cm³/mol. The zero-order valence-corrected chi connectivity index (χ0v) is 10.8. The number of nitrogens with one attached hydrogen (secondary N) is 1. The van der Waals surface area contributed by atoms with E-state index in [2.05, 4.69) is 12.2 Å². The fourth-order valence-corrected chi connectivity index (χ4v) is 1.53. The summed E-state index contributed by atoms with van der Waals surface area (Å²) in [5.74, 6) is 0.777. The first kappa shape index (κ1) is 13.1. The highest BCUT2D eigenvalue weighted by Gasteiger charge is 2.13. The molecule has 0 aliphatic carbocycles. The molecule has 0 aromatic heterocycles. The Labute approximate surface area is 102 Å². The molecule has 0 aliphatic rings. The molecule has 1 rings (SSSR count). The van der Waals surface area contributed by atoms with Crippen molar-refractivity contribution in [1.29, 1.82) is 0 Å². The van der Waals surface area contributed by atoms with Crippen LogP contribution >= 0.6 is 11.6 Å². The van der Waals surface area contributed by atoms with Gasteiger partial charge in [0.05, 0.1) is 18.9 Å². The van der Waals surface area contributed by atoms with E-state index in [-0.39, 0.29) is 12.1 Å². The van der Waals surface area contributed by atoms with Crippen LogP contribution in [0.2, 0.25) is 5.02 Å². The van der Waals surface area contributed by atoms with E-state index in [0.717, 1.165) is 11.4 Å². The number of benzene rings is 1. The first-order chi connectivity index (χ1) is 7.58. The van der Waals surface area contributed by atoms with Crippen molar-refractivity contribution < 1.29 is 9.47 Å². The van der Waals surface area contributed by atoms with Gasteiger partial charge in [-0.1, -0.05) is 11.6 Å². The van der Waals surface area contributed by atoms with Crippen molar-refractivity contribution in [2.75, 3.05) is 19.5 Å². The van der Waals surface area contributed by atoms with Gasteiger partial charge in [-0.2, -0.15) is 0 Å². The molecule has 1 aromatic carbocycles. The summed E-state index contributed by atoms with van der Waals surface area (Å²) in [5.41, 5.74) is 0.881. The lowest BCUT2D eigenvalue weighted by Crippen LogP contribution is -2.29. The lowest BCUT2D eigenvalue weighted by molar-refractivity contribution is 0.106. The number of methoxy groups -OCH3 is 2. The second-order valence-corrected chi connectivity index (χ2v) is 4.15. The molecule has 0 saturated carbocycles. The zero-order chi connectivity index (χ0) is 12.1. The standard InChI is InChI=1S/C12H18ClNO2/c1-8(9(2)15-3)14-11-7-10(13)5-6-12(11)16-4/h5-9,14H,1-4H3. The Kier molecular flexibility index (Phi) is 4.90. The molecule has 4 heteroatoms. The van der Waals surface area contributed by atoms with Crippen molar-refractivity contribution in [3.8, 4) is 5.75 Å². The predicted octanol–water partition coefficient (Wildman–Crippen LogP) is 3.18. The summed E-state index contributed by atoms with van der Waals surface area (Å²) in [6.45, 7) is 4.06. The summed E-state index contributed by atoms with van der Waals surface area (Å²) in [6, 6.07) is 5.67. The SMILES string of the molecule is COc1ccc(Cl)cc1NC(C)C(C)OC. The van der Waals surface area contributed by atoms with Gasteiger partial charge in [0.15, 0.2) is 0 Å². The highest BCUT2D eigenvalue weighted by molar-refractivity contribution is 6.30. The van der Waals surface area contributed by atoms with E-state index >= 15 is 0 Å². The highest BCUT2D eigenvalue weighted by Crippen LogP contribution is 2.28. The average Bonchev–Trinajstić information content (AvgIpc) is 2.28. The molecule has 0 bridgehead atoms. The maximum absolute atomic E-state index is 5.94. The number of rotatable bonds is 5. The third-order valence-corrected chi connectivity index (χ3v) is 2.86. The van der Waals surface area contributed by atoms with Crippen molar-refractivity contribution in [3.05, 3.63) is 23.2 Å². The Bertz CT molecular complexity index is 344. The third-order valence-electron chi connectivity index (χ3n) is 2.62. The van der Waals surface area contributed by atoms with Crippen molar-refractivity contribution in [1.82, 2.24) is 0 Å². The van der Waals surface area contributed by atoms with Crippen molar-refractivity contribution in [2.24, 2.45) is 0 Å². The topological polar surface area (TPSA) is 30.5 Å². The van der Waals surface area contributed by atoms with Crippen LogP contribution in [0, 0.1) is 0 Å². The molecular weight excluding hydrogens is 226 g/mol. The summed E-state index contributed by atoms with van der Waals surface area (Å²) >= 11 is 5.94. The molecule has 0 saturated heterocycles. The Morgan fingerprint density at radius 3 is 2.50 bits per heavy atom. The first-order valence-electron chi connectivity index (χ1n) is 5.21. The monoisotopic (exact) mass is 243 g/mol. The summed E-state index contributed by atoms with van der Waals surface area (Å²) in [7, 11) is 3.33. The van der Waals surface area contributed by atoms with Crippen molar-refractivity contribution in [2.45, 2.75) is 26.0 Å². The van der Waals surface area contributed by atoms with Crippen molar-refractivity contribution in [3.63, 3.8) is 0 Å². The minimum Gasteiger partial charge on any atom is -0.495 e. The van der Waals surface area contributed by atoms with Crippen LogP contribution < -0.4 is 10.1 Å². The molecule has 2 unspecified atom stereocenters. The molecule has 3 nitrogen and oxygen atoms in total. The van der Waals surface area contributed by atoms with Gasteiger partial charge < -0.3 is 14.8 Å². The zero-order valence-electron chi connectivity index (χ0n) is 10.1. The summed E-state index contributed by atoms with van der Waals surface area (Å²) < 4.78 is 10.5. The molecule has 16 heavy (non-hydrogen) atoms. The normalized spacial score (nSPS) is 14.3. The molecule has 0 amide bonds. The van der Waals surface area contributed by atoms with Crippen LogP contribution in [0.25, 0.3) is 0 Å². The largest absolute Gasteiger partial charge is 0.495 e. The summed E-state index contributed by atoms with van der Waals surface area (Å²) in [6.07, 6.45) is 0.115. The van der Waals surface area contributed by atoms with Crippen LogP contribution in [0.1, 0.15) is 13.8 Å². The van der Waals surface area contributed by atoms with Crippen LogP contribution in [-0.2, 0) is 4.74 Å². The van der Waals surface area contributed by atoms with E-state index in [1.54, 1.807) is 20.3 Å². The van der Waals surface area contributed by atoms with E-state index < -0.39 is 0 Å². The van der Waals surface area contributed by atoms with E-state index in [0.29, 0.717) is 5.02 Å². The lowest BCUT2D eigenvalue weighted by Gasteiger charge is -2.22. The maximum atomic E-state index is 5.94. The quantitative estimate of drug-likeness (QED) is 0.862. The lowest BCUT2D eigenvalue weighted by atomic mass is 10.2. The average molecular weight is 244 g/mol. The van der Waals surface area contributed by atoms with Gasteiger partial charge in [0.2, 0.25) is 0 Å². The minimum atomic E-state index is 0.115. The number of halogens is 1. The Balaban J connectivity index is 2.82. The number of anilines is 1. The van der Waals surface area contributed by atoms with Gasteiger partial charge in [-0.05, 0) is 32.0 Å². The van der Waals surface area contributed by atoms with Crippen LogP contribution in [0.3, 0.4) is 0 Å². The molecule has 1 N–H and O–H groups in total. The van der Waals surface area contributed by atoms with Gasteiger partial charge in [-0.15, -0.1) is 0 Å². The molecule has 0 fully saturated rings. The Morgan fingerprint density at radius 1 is 1.25 bits per heavy atom.